The lowest BCUT2D eigenvalue weighted by Crippen LogP contribution is -2.14. The van der Waals surface area contributed by atoms with Crippen LogP contribution in [0, 0.1) is 23.0 Å². The molecule has 0 fully saturated rings. The molecule has 0 atom stereocenters. The van der Waals surface area contributed by atoms with E-state index in [-0.39, 0.29) is 11.3 Å². The number of nitro groups is 1. The van der Waals surface area contributed by atoms with Gasteiger partial charge >= 0.3 is 0 Å². The van der Waals surface area contributed by atoms with E-state index in [1.54, 1.807) is 24.8 Å². The van der Waals surface area contributed by atoms with Gasteiger partial charge in [0.15, 0.2) is 4.34 Å². The van der Waals surface area contributed by atoms with E-state index in [2.05, 4.69) is 29.4 Å². The van der Waals surface area contributed by atoms with Gasteiger partial charge in [-0.25, -0.2) is 0 Å². The number of thioether (sulfide) groups is 1. The molecule has 1 amide bonds. The molecule has 0 radical (unpaired) electrons. The molecule has 0 unspecified atom stereocenters. The third-order valence-electron chi connectivity index (χ3n) is 2.91. The molecule has 1 N–H and O–H groups in total. The van der Waals surface area contributed by atoms with Crippen molar-refractivity contribution in [3.63, 3.8) is 0 Å². The Morgan fingerprint density at radius 2 is 2.17 bits per heavy atom. The fourth-order valence-electron chi connectivity index (χ4n) is 1.79. The van der Waals surface area contributed by atoms with Crippen LogP contribution >= 0.6 is 23.1 Å². The van der Waals surface area contributed by atoms with Gasteiger partial charge in [-0.1, -0.05) is 43.0 Å². The topological polar surface area (TPSA) is 98.0 Å². The van der Waals surface area contributed by atoms with Gasteiger partial charge in [0.05, 0.1) is 4.92 Å². The summed E-state index contributed by atoms with van der Waals surface area (Å²) in [5.74, 6) is 1.03. The summed E-state index contributed by atoms with van der Waals surface area (Å²) >= 11 is 2.88. The van der Waals surface area contributed by atoms with Crippen LogP contribution in [0.25, 0.3) is 0 Å². The van der Waals surface area contributed by atoms with E-state index in [9.17, 15) is 14.9 Å². The zero-order valence-electron chi connectivity index (χ0n) is 12.9. The summed E-state index contributed by atoms with van der Waals surface area (Å²) in [5, 5.41) is 21.9. The van der Waals surface area contributed by atoms with E-state index in [1.807, 2.05) is 0 Å². The van der Waals surface area contributed by atoms with E-state index < -0.39 is 10.8 Å². The Balaban J connectivity index is 2.11. The quantitative estimate of drug-likeness (QED) is 0.368. The molecule has 0 aliphatic heterocycles. The van der Waals surface area contributed by atoms with Gasteiger partial charge in [0, 0.05) is 22.9 Å². The second-order valence-corrected chi connectivity index (χ2v) is 7.48. The molecule has 0 aliphatic rings. The molecule has 23 heavy (non-hydrogen) atoms. The SMILES string of the molecule is Cc1c(C(=O)Nc2nnc(SCC(C)C)s2)cccc1[N+](=O)[O-]. The van der Waals surface area contributed by atoms with Gasteiger partial charge in [0.2, 0.25) is 5.13 Å². The molecule has 0 saturated heterocycles. The molecule has 7 nitrogen and oxygen atoms in total. The number of nitrogens with one attached hydrogen (secondary N) is 1. The van der Waals surface area contributed by atoms with Crippen molar-refractivity contribution in [1.29, 1.82) is 0 Å². The number of carbonyl (C=O) groups is 1. The summed E-state index contributed by atoms with van der Waals surface area (Å²) in [5.41, 5.74) is 0.503. The van der Waals surface area contributed by atoms with Crippen molar-refractivity contribution in [1.82, 2.24) is 10.2 Å². The van der Waals surface area contributed by atoms with Crippen LogP contribution in [0.2, 0.25) is 0 Å². The standard InChI is InChI=1S/C14H16N4O3S2/c1-8(2)7-22-14-17-16-13(23-14)15-12(19)10-5-4-6-11(9(10)3)18(20)21/h4-6,8H,7H2,1-3H3,(H,15,16,19). The molecular formula is C14H16N4O3S2. The molecule has 0 saturated carbocycles. The number of hydrogen-bond donors (Lipinski definition) is 1. The molecule has 122 valence electrons. The molecular weight excluding hydrogens is 336 g/mol. The van der Waals surface area contributed by atoms with E-state index in [4.69, 9.17) is 0 Å². The number of aromatic nitrogens is 2. The molecule has 0 spiro atoms. The van der Waals surface area contributed by atoms with Gasteiger partial charge < -0.3 is 0 Å². The number of anilines is 1. The van der Waals surface area contributed by atoms with Crippen molar-refractivity contribution < 1.29 is 9.72 Å². The van der Waals surface area contributed by atoms with Crippen molar-refractivity contribution in [3.8, 4) is 0 Å². The molecule has 2 rings (SSSR count). The third kappa shape index (κ3) is 4.49. The Morgan fingerprint density at radius 3 is 2.83 bits per heavy atom. The van der Waals surface area contributed by atoms with E-state index in [1.165, 1.54) is 23.5 Å². The normalized spacial score (nSPS) is 10.8. The van der Waals surface area contributed by atoms with Crippen LogP contribution in [-0.4, -0.2) is 26.8 Å². The van der Waals surface area contributed by atoms with Crippen LogP contribution in [0.3, 0.4) is 0 Å². The maximum absolute atomic E-state index is 12.3. The van der Waals surface area contributed by atoms with E-state index in [0.29, 0.717) is 16.6 Å². The number of benzene rings is 1. The molecule has 0 bridgehead atoms. The Kier molecular flexibility index (Phi) is 5.67. The predicted octanol–water partition coefficient (Wildman–Crippen LogP) is 3.76. The smallest absolute Gasteiger partial charge is 0.273 e. The van der Waals surface area contributed by atoms with Crippen molar-refractivity contribution >= 4 is 39.8 Å². The van der Waals surface area contributed by atoms with Crippen molar-refractivity contribution in [2.45, 2.75) is 25.1 Å². The van der Waals surface area contributed by atoms with Gasteiger partial charge in [0.25, 0.3) is 11.6 Å². The molecule has 1 aromatic carbocycles. The fourth-order valence-corrected chi connectivity index (χ4v) is 3.51. The van der Waals surface area contributed by atoms with Gasteiger partial charge in [-0.15, -0.1) is 10.2 Å². The first kappa shape index (κ1) is 17.4. The summed E-state index contributed by atoms with van der Waals surface area (Å²) in [4.78, 5) is 22.7. The second-order valence-electron chi connectivity index (χ2n) is 5.24. The lowest BCUT2D eigenvalue weighted by molar-refractivity contribution is -0.385. The molecule has 1 aromatic heterocycles. The van der Waals surface area contributed by atoms with Crippen LogP contribution < -0.4 is 5.32 Å². The first-order chi connectivity index (χ1) is 10.9. The third-order valence-corrected chi connectivity index (χ3v) is 5.31. The summed E-state index contributed by atoms with van der Waals surface area (Å²) in [6.45, 7) is 5.78. The molecule has 0 aliphatic carbocycles. The molecule has 2 aromatic rings. The number of nitrogens with zero attached hydrogens (tertiary/aromatic N) is 3. The minimum absolute atomic E-state index is 0.0805. The van der Waals surface area contributed by atoms with Gasteiger partial charge in [-0.3, -0.25) is 20.2 Å². The predicted molar refractivity (Wildman–Crippen MR) is 91.3 cm³/mol. The zero-order valence-corrected chi connectivity index (χ0v) is 14.5. The van der Waals surface area contributed by atoms with Gasteiger partial charge in [-0.05, 0) is 18.9 Å². The number of carbonyl (C=O) groups excluding carboxylic acids is 1. The minimum Gasteiger partial charge on any atom is -0.296 e. The van der Waals surface area contributed by atoms with Crippen LogP contribution in [0.5, 0.6) is 0 Å². The van der Waals surface area contributed by atoms with Crippen molar-refractivity contribution in [2.75, 3.05) is 11.1 Å². The average Bonchev–Trinajstić information content (AvgIpc) is 2.92. The lowest BCUT2D eigenvalue weighted by Gasteiger charge is -2.05. The number of amides is 1. The first-order valence-electron chi connectivity index (χ1n) is 6.90. The van der Waals surface area contributed by atoms with E-state index in [0.717, 1.165) is 10.1 Å². The summed E-state index contributed by atoms with van der Waals surface area (Å²) < 4.78 is 0.782. The largest absolute Gasteiger partial charge is 0.296 e. The van der Waals surface area contributed by atoms with Crippen molar-refractivity contribution in [2.24, 2.45) is 5.92 Å². The number of hydrogen-bond acceptors (Lipinski definition) is 7. The lowest BCUT2D eigenvalue weighted by atomic mass is 10.1. The highest BCUT2D eigenvalue weighted by atomic mass is 32.2. The maximum Gasteiger partial charge on any atom is 0.273 e. The maximum atomic E-state index is 12.3. The van der Waals surface area contributed by atoms with Gasteiger partial charge in [-0.2, -0.15) is 0 Å². The van der Waals surface area contributed by atoms with Crippen LogP contribution in [0.15, 0.2) is 22.5 Å². The summed E-state index contributed by atoms with van der Waals surface area (Å²) in [6, 6.07) is 4.41. The Hall–Kier alpha value is -2.00. The van der Waals surface area contributed by atoms with Crippen LogP contribution in [-0.2, 0) is 0 Å². The van der Waals surface area contributed by atoms with E-state index >= 15 is 0 Å². The summed E-state index contributed by atoms with van der Waals surface area (Å²) in [6.07, 6.45) is 0. The molecule has 9 heteroatoms. The number of rotatable bonds is 6. The highest BCUT2D eigenvalue weighted by molar-refractivity contribution is 8.01. The molecule has 1 heterocycles. The first-order valence-corrected chi connectivity index (χ1v) is 8.70. The highest BCUT2D eigenvalue weighted by Gasteiger charge is 2.19. The number of nitro benzene ring substituents is 1. The van der Waals surface area contributed by atoms with Crippen LogP contribution in [0.1, 0.15) is 29.8 Å². The minimum atomic E-state index is -0.502. The summed E-state index contributed by atoms with van der Waals surface area (Å²) in [7, 11) is 0. The highest BCUT2D eigenvalue weighted by Crippen LogP contribution is 2.28. The zero-order chi connectivity index (χ0) is 17.0. The monoisotopic (exact) mass is 352 g/mol. The Labute approximate surface area is 141 Å². The Bertz CT molecular complexity index is 731. The van der Waals surface area contributed by atoms with Gasteiger partial charge in [0.1, 0.15) is 0 Å². The Morgan fingerprint density at radius 1 is 1.43 bits per heavy atom. The average molecular weight is 352 g/mol. The second kappa shape index (κ2) is 7.51. The van der Waals surface area contributed by atoms with Crippen molar-refractivity contribution in [3.05, 3.63) is 39.4 Å². The van der Waals surface area contributed by atoms with Crippen LogP contribution in [0.4, 0.5) is 10.8 Å². The fraction of sp³-hybridized carbons (Fsp3) is 0.357.